The number of carbonyl (C=O) groups is 1. The van der Waals surface area contributed by atoms with E-state index in [0.29, 0.717) is 11.9 Å². The molecule has 0 aromatic carbocycles. The van der Waals surface area contributed by atoms with Crippen LogP contribution in [0.2, 0.25) is 0 Å². The number of hydrogen-bond acceptors (Lipinski definition) is 3. The molecule has 1 N–H and O–H groups in total. The Morgan fingerprint density at radius 3 is 2.56 bits per heavy atom. The first-order valence-electron chi connectivity index (χ1n) is 7.24. The number of amides is 1. The molecule has 3 unspecified atom stereocenters. The molecule has 0 aromatic heterocycles. The Balaban J connectivity index is 2.63. The van der Waals surface area contributed by atoms with E-state index < -0.39 is 0 Å². The molecule has 0 spiro atoms. The fourth-order valence-corrected chi connectivity index (χ4v) is 2.64. The molecular formula is C14H29N3O. The zero-order chi connectivity index (χ0) is 13.7. The molecule has 0 aliphatic carbocycles. The average molecular weight is 255 g/mol. The predicted molar refractivity (Wildman–Crippen MR) is 75.4 cm³/mol. The van der Waals surface area contributed by atoms with Gasteiger partial charge in [0.05, 0.1) is 12.2 Å². The molecule has 1 saturated heterocycles. The van der Waals surface area contributed by atoms with Gasteiger partial charge in [0, 0.05) is 6.04 Å². The highest BCUT2D eigenvalue weighted by Gasteiger charge is 2.39. The SMILES string of the molecule is CCCC1NC(CC)N(C(C)CCN(C)C)C1=O. The maximum absolute atomic E-state index is 12.4. The summed E-state index contributed by atoms with van der Waals surface area (Å²) in [4.78, 5) is 16.6. The van der Waals surface area contributed by atoms with E-state index in [1.165, 1.54) is 0 Å². The summed E-state index contributed by atoms with van der Waals surface area (Å²) in [5.41, 5.74) is 0. The van der Waals surface area contributed by atoms with Crippen molar-refractivity contribution in [2.45, 2.75) is 64.7 Å². The number of carbonyl (C=O) groups excluding carboxylic acids is 1. The van der Waals surface area contributed by atoms with E-state index in [9.17, 15) is 4.79 Å². The van der Waals surface area contributed by atoms with Crippen molar-refractivity contribution >= 4 is 5.91 Å². The summed E-state index contributed by atoms with van der Waals surface area (Å²) in [5.74, 6) is 0.301. The summed E-state index contributed by atoms with van der Waals surface area (Å²) >= 11 is 0. The first kappa shape index (κ1) is 15.4. The van der Waals surface area contributed by atoms with E-state index in [-0.39, 0.29) is 12.2 Å². The molecule has 1 fully saturated rings. The standard InChI is InChI=1S/C14H29N3O/c1-6-8-12-14(18)17(13(7-2)15-12)11(3)9-10-16(4)5/h11-13,15H,6-10H2,1-5H3. The van der Waals surface area contributed by atoms with Crippen LogP contribution in [-0.2, 0) is 4.79 Å². The first-order chi connectivity index (χ1) is 8.51. The van der Waals surface area contributed by atoms with E-state index in [2.05, 4.69) is 50.0 Å². The van der Waals surface area contributed by atoms with Gasteiger partial charge in [-0.25, -0.2) is 0 Å². The van der Waals surface area contributed by atoms with Crippen molar-refractivity contribution in [1.29, 1.82) is 0 Å². The summed E-state index contributed by atoms with van der Waals surface area (Å²) < 4.78 is 0. The Bertz CT molecular complexity index is 268. The lowest BCUT2D eigenvalue weighted by Gasteiger charge is -2.30. The van der Waals surface area contributed by atoms with Crippen LogP contribution >= 0.6 is 0 Å². The molecule has 4 heteroatoms. The maximum atomic E-state index is 12.4. The number of nitrogens with one attached hydrogen (secondary N) is 1. The van der Waals surface area contributed by atoms with Crippen LogP contribution in [-0.4, -0.2) is 54.6 Å². The van der Waals surface area contributed by atoms with Crippen LogP contribution in [0.3, 0.4) is 0 Å². The van der Waals surface area contributed by atoms with Gasteiger partial charge in [-0.2, -0.15) is 0 Å². The van der Waals surface area contributed by atoms with E-state index in [1.807, 2.05) is 0 Å². The number of rotatable bonds is 7. The van der Waals surface area contributed by atoms with Crippen LogP contribution in [0.5, 0.6) is 0 Å². The summed E-state index contributed by atoms with van der Waals surface area (Å²) in [7, 11) is 4.15. The second kappa shape index (κ2) is 7.10. The molecule has 0 bridgehead atoms. The summed E-state index contributed by atoms with van der Waals surface area (Å²) in [6.45, 7) is 7.47. The first-order valence-corrected chi connectivity index (χ1v) is 7.24. The zero-order valence-electron chi connectivity index (χ0n) is 12.6. The fourth-order valence-electron chi connectivity index (χ4n) is 2.64. The third-order valence-corrected chi connectivity index (χ3v) is 3.71. The molecule has 0 aromatic rings. The Labute approximate surface area is 112 Å². The van der Waals surface area contributed by atoms with Crippen molar-refractivity contribution in [2.24, 2.45) is 0 Å². The van der Waals surface area contributed by atoms with Crippen molar-refractivity contribution in [3.05, 3.63) is 0 Å². The second-order valence-electron chi connectivity index (χ2n) is 5.62. The maximum Gasteiger partial charge on any atom is 0.241 e. The van der Waals surface area contributed by atoms with Gasteiger partial charge >= 0.3 is 0 Å². The van der Waals surface area contributed by atoms with Gasteiger partial charge in [-0.15, -0.1) is 0 Å². The minimum absolute atomic E-state index is 0.0433. The highest BCUT2D eigenvalue weighted by atomic mass is 16.2. The lowest BCUT2D eigenvalue weighted by molar-refractivity contribution is -0.132. The van der Waals surface area contributed by atoms with E-state index in [0.717, 1.165) is 32.2 Å². The summed E-state index contributed by atoms with van der Waals surface area (Å²) in [5, 5.41) is 3.47. The third kappa shape index (κ3) is 3.69. The van der Waals surface area contributed by atoms with E-state index in [4.69, 9.17) is 0 Å². The van der Waals surface area contributed by atoms with Crippen LogP contribution in [0.25, 0.3) is 0 Å². The molecule has 4 nitrogen and oxygen atoms in total. The van der Waals surface area contributed by atoms with Gasteiger partial charge in [0.15, 0.2) is 0 Å². The minimum atomic E-state index is 0.0433. The van der Waals surface area contributed by atoms with Crippen LogP contribution in [0.15, 0.2) is 0 Å². The zero-order valence-corrected chi connectivity index (χ0v) is 12.6. The Kier molecular flexibility index (Phi) is 6.09. The second-order valence-corrected chi connectivity index (χ2v) is 5.62. The molecule has 1 aliphatic rings. The summed E-state index contributed by atoms with van der Waals surface area (Å²) in [6, 6.07) is 0.362. The molecule has 1 aliphatic heterocycles. The van der Waals surface area contributed by atoms with Crippen LogP contribution in [0.1, 0.15) is 46.5 Å². The molecule has 18 heavy (non-hydrogen) atoms. The van der Waals surface area contributed by atoms with Gasteiger partial charge < -0.3 is 9.80 Å². The van der Waals surface area contributed by atoms with Crippen molar-refractivity contribution in [3.8, 4) is 0 Å². The predicted octanol–water partition coefficient (Wildman–Crippen LogP) is 1.66. The molecule has 0 saturated carbocycles. The van der Waals surface area contributed by atoms with Crippen molar-refractivity contribution in [2.75, 3.05) is 20.6 Å². The molecule has 1 amide bonds. The largest absolute Gasteiger partial charge is 0.323 e. The van der Waals surface area contributed by atoms with Gasteiger partial charge in [-0.05, 0) is 46.8 Å². The van der Waals surface area contributed by atoms with E-state index >= 15 is 0 Å². The molecular weight excluding hydrogens is 226 g/mol. The Morgan fingerprint density at radius 2 is 2.06 bits per heavy atom. The van der Waals surface area contributed by atoms with Gasteiger partial charge in [0.25, 0.3) is 0 Å². The van der Waals surface area contributed by atoms with Gasteiger partial charge in [-0.1, -0.05) is 20.3 Å². The third-order valence-electron chi connectivity index (χ3n) is 3.71. The lowest BCUT2D eigenvalue weighted by Crippen LogP contribution is -2.44. The van der Waals surface area contributed by atoms with Gasteiger partial charge in [0.2, 0.25) is 5.91 Å². The molecule has 3 atom stereocenters. The van der Waals surface area contributed by atoms with Crippen LogP contribution < -0.4 is 5.32 Å². The highest BCUT2D eigenvalue weighted by molar-refractivity contribution is 5.84. The molecule has 1 rings (SSSR count). The fraction of sp³-hybridized carbons (Fsp3) is 0.929. The lowest BCUT2D eigenvalue weighted by atomic mass is 10.1. The normalized spacial score (nSPS) is 26.1. The van der Waals surface area contributed by atoms with Gasteiger partial charge in [-0.3, -0.25) is 10.1 Å². The molecule has 1 heterocycles. The van der Waals surface area contributed by atoms with Crippen LogP contribution in [0.4, 0.5) is 0 Å². The Morgan fingerprint density at radius 1 is 1.39 bits per heavy atom. The topological polar surface area (TPSA) is 35.6 Å². The monoisotopic (exact) mass is 255 g/mol. The molecule has 106 valence electrons. The van der Waals surface area contributed by atoms with Crippen molar-refractivity contribution in [1.82, 2.24) is 15.1 Å². The number of nitrogens with zero attached hydrogens (tertiary/aromatic N) is 2. The average Bonchev–Trinajstić information content (AvgIpc) is 2.64. The van der Waals surface area contributed by atoms with Crippen molar-refractivity contribution in [3.63, 3.8) is 0 Å². The quantitative estimate of drug-likeness (QED) is 0.751. The van der Waals surface area contributed by atoms with Crippen LogP contribution in [0, 0.1) is 0 Å². The van der Waals surface area contributed by atoms with E-state index in [1.54, 1.807) is 0 Å². The molecule has 0 radical (unpaired) electrons. The van der Waals surface area contributed by atoms with Gasteiger partial charge in [0.1, 0.15) is 0 Å². The highest BCUT2D eigenvalue weighted by Crippen LogP contribution is 2.21. The van der Waals surface area contributed by atoms with Crippen molar-refractivity contribution < 1.29 is 4.79 Å². The smallest absolute Gasteiger partial charge is 0.241 e. The number of hydrogen-bond donors (Lipinski definition) is 1. The Hall–Kier alpha value is -0.610. The minimum Gasteiger partial charge on any atom is -0.323 e. The summed E-state index contributed by atoms with van der Waals surface area (Å²) in [6.07, 6.45) is 4.26.